The van der Waals surface area contributed by atoms with Crippen LogP contribution in [0.5, 0.6) is 0 Å². The van der Waals surface area contributed by atoms with Crippen LogP contribution < -0.4 is 10.6 Å². The lowest BCUT2D eigenvalue weighted by molar-refractivity contribution is -0.136. The molecule has 25 heavy (non-hydrogen) atoms. The van der Waals surface area contributed by atoms with Gasteiger partial charge in [-0.25, -0.2) is 0 Å². The van der Waals surface area contributed by atoms with E-state index in [0.717, 1.165) is 11.1 Å². The van der Waals surface area contributed by atoms with Gasteiger partial charge < -0.3 is 10.6 Å². The number of rotatable bonds is 5. The number of amides is 2. The van der Waals surface area contributed by atoms with Crippen molar-refractivity contribution < 1.29 is 9.59 Å². The Kier molecular flexibility index (Phi) is 6.81. The zero-order chi connectivity index (χ0) is 18.2. The molecule has 2 rings (SSSR count). The first-order chi connectivity index (χ1) is 12.0. The second-order valence-corrected chi connectivity index (χ2v) is 6.14. The molecule has 128 valence electrons. The largest absolute Gasteiger partial charge is 0.347 e. The molecule has 0 unspecified atom stereocenters. The average Bonchev–Trinajstić information content (AvgIpc) is 2.56. The molecule has 0 spiro atoms. The van der Waals surface area contributed by atoms with Crippen LogP contribution in [0.2, 0.25) is 10.0 Å². The van der Waals surface area contributed by atoms with Gasteiger partial charge in [0.2, 0.25) is 0 Å². The molecule has 0 saturated carbocycles. The second kappa shape index (κ2) is 9.07. The summed E-state index contributed by atoms with van der Waals surface area (Å²) in [6.45, 7) is 0.282. The van der Waals surface area contributed by atoms with E-state index in [1.807, 2.05) is 6.07 Å². The molecule has 5 nitrogen and oxygen atoms in total. The molecule has 0 bridgehead atoms. The van der Waals surface area contributed by atoms with Gasteiger partial charge in [0.1, 0.15) is 0 Å². The van der Waals surface area contributed by atoms with Crippen molar-refractivity contribution >= 4 is 40.7 Å². The number of nitriles is 1. The highest BCUT2D eigenvalue weighted by molar-refractivity contribution is 6.39. The third kappa shape index (κ3) is 6.11. The van der Waals surface area contributed by atoms with Crippen LogP contribution in [0.25, 0.3) is 0 Å². The number of anilines is 1. The Bertz CT molecular complexity index is 794. The van der Waals surface area contributed by atoms with E-state index >= 15 is 0 Å². The van der Waals surface area contributed by atoms with E-state index in [0.29, 0.717) is 28.6 Å². The summed E-state index contributed by atoms with van der Waals surface area (Å²) in [5, 5.41) is 14.7. The normalized spacial score (nSPS) is 9.96. The van der Waals surface area contributed by atoms with E-state index in [-0.39, 0.29) is 6.54 Å². The highest BCUT2D eigenvalue weighted by Crippen LogP contribution is 2.19. The van der Waals surface area contributed by atoms with Crippen LogP contribution in [0.4, 0.5) is 5.69 Å². The van der Waals surface area contributed by atoms with Gasteiger partial charge in [0.25, 0.3) is 0 Å². The van der Waals surface area contributed by atoms with Gasteiger partial charge in [-0.05, 0) is 47.9 Å². The zero-order valence-electron chi connectivity index (χ0n) is 13.2. The third-order valence-electron chi connectivity index (χ3n) is 3.32. The summed E-state index contributed by atoms with van der Waals surface area (Å²) >= 11 is 11.8. The summed E-state index contributed by atoms with van der Waals surface area (Å²) in [5.74, 6) is -1.48. The first-order valence-corrected chi connectivity index (χ1v) is 8.23. The topological polar surface area (TPSA) is 82.0 Å². The van der Waals surface area contributed by atoms with Gasteiger partial charge in [0, 0.05) is 22.3 Å². The van der Waals surface area contributed by atoms with Crippen molar-refractivity contribution in [2.75, 3.05) is 11.9 Å². The number of halogens is 2. The van der Waals surface area contributed by atoms with E-state index < -0.39 is 11.8 Å². The number of nitrogens with zero attached hydrogens (tertiary/aromatic N) is 1. The first kappa shape index (κ1) is 18.8. The Labute approximate surface area is 155 Å². The van der Waals surface area contributed by atoms with Gasteiger partial charge in [0.15, 0.2) is 0 Å². The average molecular weight is 376 g/mol. The van der Waals surface area contributed by atoms with Gasteiger partial charge in [-0.2, -0.15) is 5.26 Å². The fraction of sp³-hybridized carbons (Fsp3) is 0.167. The van der Waals surface area contributed by atoms with Gasteiger partial charge >= 0.3 is 11.8 Å². The Morgan fingerprint density at radius 2 is 1.60 bits per heavy atom. The number of hydrogen-bond acceptors (Lipinski definition) is 3. The highest BCUT2D eigenvalue weighted by atomic mass is 35.5. The monoisotopic (exact) mass is 375 g/mol. The van der Waals surface area contributed by atoms with Crippen molar-refractivity contribution in [1.82, 2.24) is 5.32 Å². The molecule has 0 aliphatic heterocycles. The quantitative estimate of drug-likeness (QED) is 0.786. The number of benzene rings is 2. The Balaban J connectivity index is 1.81. The number of carbonyl (C=O) groups is 2. The SMILES string of the molecule is N#CCc1ccc(NC(=O)C(=O)NCCc2cc(Cl)cc(Cl)c2)cc1. The molecule has 0 aliphatic rings. The lowest BCUT2D eigenvalue weighted by Crippen LogP contribution is -2.36. The fourth-order valence-electron chi connectivity index (χ4n) is 2.14. The van der Waals surface area contributed by atoms with Crippen molar-refractivity contribution in [3.8, 4) is 6.07 Å². The molecular weight excluding hydrogens is 361 g/mol. The van der Waals surface area contributed by atoms with E-state index in [1.54, 1.807) is 42.5 Å². The van der Waals surface area contributed by atoms with E-state index in [2.05, 4.69) is 10.6 Å². The first-order valence-electron chi connectivity index (χ1n) is 7.48. The van der Waals surface area contributed by atoms with Crippen LogP contribution in [-0.2, 0) is 22.4 Å². The highest BCUT2D eigenvalue weighted by Gasteiger charge is 2.13. The van der Waals surface area contributed by atoms with Crippen LogP contribution in [0.3, 0.4) is 0 Å². The minimum absolute atomic E-state index is 0.282. The Morgan fingerprint density at radius 1 is 0.960 bits per heavy atom. The Hall–Kier alpha value is -2.55. The molecule has 0 fully saturated rings. The van der Waals surface area contributed by atoms with Crippen LogP contribution >= 0.6 is 23.2 Å². The van der Waals surface area contributed by atoms with Crippen LogP contribution in [-0.4, -0.2) is 18.4 Å². The predicted octanol–water partition coefficient (Wildman–Crippen LogP) is 3.36. The zero-order valence-corrected chi connectivity index (χ0v) is 14.7. The van der Waals surface area contributed by atoms with Gasteiger partial charge in [-0.15, -0.1) is 0 Å². The minimum atomic E-state index is -0.753. The molecule has 0 heterocycles. The molecule has 0 radical (unpaired) electrons. The van der Waals surface area contributed by atoms with Gasteiger partial charge in [0.05, 0.1) is 12.5 Å². The summed E-state index contributed by atoms with van der Waals surface area (Å²) in [5.41, 5.74) is 2.19. The molecule has 0 atom stereocenters. The molecule has 2 aromatic carbocycles. The maximum Gasteiger partial charge on any atom is 0.313 e. The fourth-order valence-corrected chi connectivity index (χ4v) is 2.71. The van der Waals surface area contributed by atoms with Crippen molar-refractivity contribution in [2.45, 2.75) is 12.8 Å². The standard InChI is InChI=1S/C18H15Cl2N3O2/c19-14-9-13(10-15(20)11-14)6-8-22-17(24)18(25)23-16-3-1-12(2-4-16)5-7-21/h1-4,9-11H,5-6,8H2,(H,22,24)(H,23,25). The van der Waals surface area contributed by atoms with Gasteiger partial charge in [-0.1, -0.05) is 35.3 Å². The Morgan fingerprint density at radius 3 is 2.20 bits per heavy atom. The molecular formula is C18H15Cl2N3O2. The number of nitrogens with one attached hydrogen (secondary N) is 2. The predicted molar refractivity (Wildman–Crippen MR) is 97.6 cm³/mol. The van der Waals surface area contributed by atoms with E-state index in [1.165, 1.54) is 0 Å². The lowest BCUT2D eigenvalue weighted by atomic mass is 10.1. The van der Waals surface area contributed by atoms with Crippen molar-refractivity contribution in [1.29, 1.82) is 5.26 Å². The molecule has 2 amide bonds. The molecule has 0 aliphatic carbocycles. The van der Waals surface area contributed by atoms with Crippen LogP contribution in [0.15, 0.2) is 42.5 Å². The number of carbonyl (C=O) groups excluding carboxylic acids is 2. The second-order valence-electron chi connectivity index (χ2n) is 5.27. The van der Waals surface area contributed by atoms with E-state index in [9.17, 15) is 9.59 Å². The maximum absolute atomic E-state index is 11.9. The molecule has 0 saturated heterocycles. The minimum Gasteiger partial charge on any atom is -0.347 e. The summed E-state index contributed by atoms with van der Waals surface area (Å²) in [7, 11) is 0. The molecule has 0 aromatic heterocycles. The third-order valence-corrected chi connectivity index (χ3v) is 3.76. The van der Waals surface area contributed by atoms with Gasteiger partial charge in [-0.3, -0.25) is 9.59 Å². The smallest absolute Gasteiger partial charge is 0.313 e. The lowest BCUT2D eigenvalue weighted by Gasteiger charge is -2.07. The molecule has 7 heteroatoms. The van der Waals surface area contributed by atoms with Crippen LogP contribution in [0.1, 0.15) is 11.1 Å². The van der Waals surface area contributed by atoms with E-state index in [4.69, 9.17) is 28.5 Å². The maximum atomic E-state index is 11.9. The summed E-state index contributed by atoms with van der Waals surface area (Å²) in [6.07, 6.45) is 0.796. The summed E-state index contributed by atoms with van der Waals surface area (Å²) in [6, 6.07) is 13.9. The van der Waals surface area contributed by atoms with Crippen molar-refractivity contribution in [2.24, 2.45) is 0 Å². The molecule has 2 N–H and O–H groups in total. The molecule has 2 aromatic rings. The summed E-state index contributed by atoms with van der Waals surface area (Å²) in [4.78, 5) is 23.7. The van der Waals surface area contributed by atoms with Crippen molar-refractivity contribution in [3.63, 3.8) is 0 Å². The van der Waals surface area contributed by atoms with Crippen molar-refractivity contribution in [3.05, 3.63) is 63.6 Å². The van der Waals surface area contributed by atoms with Crippen LogP contribution in [0, 0.1) is 11.3 Å². The summed E-state index contributed by atoms with van der Waals surface area (Å²) < 4.78 is 0. The number of hydrogen-bond donors (Lipinski definition) is 2.